The Bertz CT molecular complexity index is 943. The molecule has 0 saturated carbocycles. The molecule has 0 spiro atoms. The van der Waals surface area contributed by atoms with E-state index in [1.165, 1.54) is 6.07 Å². The summed E-state index contributed by atoms with van der Waals surface area (Å²) in [6.07, 6.45) is -1.82. The van der Waals surface area contributed by atoms with Gasteiger partial charge < -0.3 is 10.7 Å². The molecule has 3 aromatic rings. The third kappa shape index (κ3) is 4.68. The van der Waals surface area contributed by atoms with Gasteiger partial charge >= 0.3 is 6.18 Å². The van der Waals surface area contributed by atoms with Gasteiger partial charge in [0.1, 0.15) is 5.69 Å². The van der Waals surface area contributed by atoms with Crippen LogP contribution in [-0.4, -0.2) is 34.3 Å². The number of aromatic nitrogens is 3. The van der Waals surface area contributed by atoms with E-state index in [0.717, 1.165) is 17.8 Å². The van der Waals surface area contributed by atoms with Gasteiger partial charge in [-0.2, -0.15) is 18.3 Å². The van der Waals surface area contributed by atoms with E-state index in [4.69, 9.17) is 11.6 Å². The zero-order valence-electron chi connectivity index (χ0n) is 14.9. The Morgan fingerprint density at radius 2 is 1.71 bits per heavy atom. The molecule has 0 radical (unpaired) electrons. The number of alkyl halides is 3. The summed E-state index contributed by atoms with van der Waals surface area (Å²) >= 11 is 5.96. The number of pyridine rings is 1. The summed E-state index contributed by atoms with van der Waals surface area (Å²) in [7, 11) is 3.56. The molecule has 10 heteroatoms. The fraction of sp³-hybridized carbons (Fsp3) is 0.167. The number of hydrazine groups is 1. The maximum atomic E-state index is 12.7. The summed E-state index contributed by atoms with van der Waals surface area (Å²) in [4.78, 5) is 3.48. The van der Waals surface area contributed by atoms with Crippen LogP contribution < -0.4 is 10.7 Å². The van der Waals surface area contributed by atoms with E-state index < -0.39 is 11.9 Å². The first-order chi connectivity index (χ1) is 13.2. The van der Waals surface area contributed by atoms with Crippen molar-refractivity contribution >= 4 is 28.8 Å². The Kier molecular flexibility index (Phi) is 5.66. The van der Waals surface area contributed by atoms with Crippen molar-refractivity contribution in [2.75, 3.05) is 24.8 Å². The monoisotopic (exact) mass is 408 g/mol. The average Bonchev–Trinajstić information content (AvgIpc) is 2.63. The molecule has 28 heavy (non-hydrogen) atoms. The summed E-state index contributed by atoms with van der Waals surface area (Å²) < 4.78 is 38.2. The van der Waals surface area contributed by atoms with Crippen LogP contribution >= 0.6 is 11.6 Å². The van der Waals surface area contributed by atoms with Gasteiger partial charge in [0.25, 0.3) is 0 Å². The SMILES string of the molecule is CN(C)Nc1nncc(-c2ccc(Cl)cc2)c1Nc1ccc(C(F)(F)F)nc1. The van der Waals surface area contributed by atoms with Gasteiger partial charge in [-0.1, -0.05) is 23.7 Å². The van der Waals surface area contributed by atoms with Gasteiger partial charge in [-0.3, -0.25) is 0 Å². The van der Waals surface area contributed by atoms with Crippen LogP contribution in [-0.2, 0) is 6.18 Å². The first-order valence-corrected chi connectivity index (χ1v) is 8.47. The second kappa shape index (κ2) is 7.99. The lowest BCUT2D eigenvalue weighted by molar-refractivity contribution is -0.141. The van der Waals surface area contributed by atoms with Gasteiger partial charge in [0.05, 0.1) is 23.8 Å². The molecule has 0 atom stereocenters. The molecule has 0 unspecified atom stereocenters. The Balaban J connectivity index is 2.02. The molecular weight excluding hydrogens is 393 g/mol. The minimum absolute atomic E-state index is 0.373. The van der Waals surface area contributed by atoms with E-state index in [0.29, 0.717) is 27.8 Å². The lowest BCUT2D eigenvalue weighted by atomic mass is 10.1. The number of nitrogens with one attached hydrogen (secondary N) is 2. The predicted molar refractivity (Wildman–Crippen MR) is 102 cm³/mol. The van der Waals surface area contributed by atoms with Crippen LogP contribution in [0.4, 0.5) is 30.4 Å². The van der Waals surface area contributed by atoms with Crippen molar-refractivity contribution in [2.45, 2.75) is 6.18 Å². The minimum atomic E-state index is -4.50. The maximum absolute atomic E-state index is 12.7. The molecule has 2 aromatic heterocycles. The van der Waals surface area contributed by atoms with Crippen LogP contribution in [0, 0.1) is 0 Å². The quantitative estimate of drug-likeness (QED) is 0.589. The Labute approximate surface area is 164 Å². The molecular formula is C18H16ClF3N6. The van der Waals surface area contributed by atoms with Crippen molar-refractivity contribution < 1.29 is 13.2 Å². The van der Waals surface area contributed by atoms with Crippen molar-refractivity contribution in [1.29, 1.82) is 0 Å². The number of halogens is 4. The number of benzene rings is 1. The smallest absolute Gasteiger partial charge is 0.351 e. The molecule has 0 aliphatic carbocycles. The zero-order valence-corrected chi connectivity index (χ0v) is 15.7. The standard InChI is InChI=1S/C18H16ClF3N6/c1-28(2)27-17-16(25-13-7-8-15(23-9-13)18(20,21)22)14(10-24-26-17)11-3-5-12(19)6-4-11/h3-10H,1-2H3,(H,24,25)(H,26,27). The fourth-order valence-electron chi connectivity index (χ4n) is 2.43. The summed E-state index contributed by atoms with van der Waals surface area (Å²) in [5, 5.41) is 13.4. The van der Waals surface area contributed by atoms with Gasteiger partial charge in [0.2, 0.25) is 0 Å². The van der Waals surface area contributed by atoms with E-state index in [1.807, 2.05) is 12.1 Å². The van der Waals surface area contributed by atoms with Crippen molar-refractivity contribution in [3.63, 3.8) is 0 Å². The van der Waals surface area contributed by atoms with Gasteiger partial charge in [-0.05, 0) is 29.8 Å². The summed E-state index contributed by atoms with van der Waals surface area (Å²) in [5.74, 6) is 0.400. The number of hydrogen-bond acceptors (Lipinski definition) is 6. The first-order valence-electron chi connectivity index (χ1n) is 8.10. The third-order valence-corrected chi connectivity index (χ3v) is 3.91. The summed E-state index contributed by atoms with van der Waals surface area (Å²) in [5.41, 5.74) is 4.47. The molecule has 1 aromatic carbocycles. The van der Waals surface area contributed by atoms with Crippen LogP contribution in [0.2, 0.25) is 5.02 Å². The Morgan fingerprint density at radius 1 is 1.00 bits per heavy atom. The summed E-state index contributed by atoms with van der Waals surface area (Å²) in [6.45, 7) is 0. The van der Waals surface area contributed by atoms with Gasteiger partial charge in [0.15, 0.2) is 5.82 Å². The highest BCUT2D eigenvalue weighted by molar-refractivity contribution is 6.30. The molecule has 146 valence electrons. The number of rotatable bonds is 5. The molecule has 0 saturated heterocycles. The molecule has 3 rings (SSSR count). The van der Waals surface area contributed by atoms with Crippen LogP contribution in [0.15, 0.2) is 48.8 Å². The fourth-order valence-corrected chi connectivity index (χ4v) is 2.56. The molecule has 2 heterocycles. The van der Waals surface area contributed by atoms with Gasteiger partial charge in [0, 0.05) is 24.7 Å². The second-order valence-electron chi connectivity index (χ2n) is 6.05. The van der Waals surface area contributed by atoms with E-state index in [-0.39, 0.29) is 0 Å². The predicted octanol–water partition coefficient (Wildman–Crippen LogP) is 4.84. The number of anilines is 3. The Hall–Kier alpha value is -2.91. The lowest BCUT2D eigenvalue weighted by Gasteiger charge is -2.19. The Morgan fingerprint density at radius 3 is 2.29 bits per heavy atom. The highest BCUT2D eigenvalue weighted by Crippen LogP contribution is 2.35. The topological polar surface area (TPSA) is 66.0 Å². The van der Waals surface area contributed by atoms with Gasteiger partial charge in [-0.15, -0.1) is 5.10 Å². The second-order valence-corrected chi connectivity index (χ2v) is 6.49. The molecule has 6 nitrogen and oxygen atoms in total. The van der Waals surface area contributed by atoms with Crippen molar-refractivity contribution in [1.82, 2.24) is 20.2 Å². The number of nitrogens with zero attached hydrogens (tertiary/aromatic N) is 4. The van der Waals surface area contributed by atoms with Crippen LogP contribution in [0.25, 0.3) is 11.1 Å². The molecule has 2 N–H and O–H groups in total. The summed E-state index contributed by atoms with van der Waals surface area (Å²) in [6, 6.07) is 9.32. The normalized spacial score (nSPS) is 11.5. The van der Waals surface area contributed by atoms with Crippen molar-refractivity contribution in [3.8, 4) is 11.1 Å². The van der Waals surface area contributed by atoms with E-state index >= 15 is 0 Å². The molecule has 0 bridgehead atoms. The highest BCUT2D eigenvalue weighted by Gasteiger charge is 2.32. The number of hydrogen-bond donors (Lipinski definition) is 2. The molecule has 0 aliphatic rings. The third-order valence-electron chi connectivity index (χ3n) is 3.66. The molecule has 0 amide bonds. The van der Waals surface area contributed by atoms with Gasteiger partial charge in [-0.25, -0.2) is 9.99 Å². The van der Waals surface area contributed by atoms with E-state index in [2.05, 4.69) is 25.9 Å². The minimum Gasteiger partial charge on any atom is -0.351 e. The largest absolute Gasteiger partial charge is 0.433 e. The first kappa shape index (κ1) is 19.8. The molecule has 0 aliphatic heterocycles. The molecule has 0 fully saturated rings. The van der Waals surface area contributed by atoms with Crippen LogP contribution in [0.5, 0.6) is 0 Å². The highest BCUT2D eigenvalue weighted by atomic mass is 35.5. The maximum Gasteiger partial charge on any atom is 0.433 e. The van der Waals surface area contributed by atoms with Crippen LogP contribution in [0.3, 0.4) is 0 Å². The van der Waals surface area contributed by atoms with E-state index in [1.54, 1.807) is 37.4 Å². The van der Waals surface area contributed by atoms with Crippen molar-refractivity contribution in [2.24, 2.45) is 0 Å². The van der Waals surface area contributed by atoms with E-state index in [9.17, 15) is 13.2 Å². The lowest BCUT2D eigenvalue weighted by Crippen LogP contribution is -2.21. The van der Waals surface area contributed by atoms with Crippen LogP contribution in [0.1, 0.15) is 5.69 Å². The van der Waals surface area contributed by atoms with Crippen molar-refractivity contribution in [3.05, 3.63) is 59.5 Å². The zero-order chi connectivity index (χ0) is 20.3. The average molecular weight is 409 g/mol.